The van der Waals surface area contributed by atoms with Crippen molar-refractivity contribution < 1.29 is 22.0 Å². The van der Waals surface area contributed by atoms with Gasteiger partial charge in [-0.3, -0.25) is 0 Å². The number of benzene rings is 3. The minimum Gasteiger partial charge on any atom is -0.245 e. The lowest BCUT2D eigenvalue weighted by atomic mass is 10.1. The van der Waals surface area contributed by atoms with Gasteiger partial charge in [0.05, 0.1) is 17.0 Å². The Morgan fingerprint density at radius 3 is 2.10 bits per heavy atom. The summed E-state index contributed by atoms with van der Waals surface area (Å²) in [7, 11) is 0. The van der Waals surface area contributed by atoms with Gasteiger partial charge < -0.3 is 0 Å². The molecule has 0 aliphatic rings. The molecule has 7 heteroatoms. The zero-order valence-corrected chi connectivity index (χ0v) is 15.6. The van der Waals surface area contributed by atoms with Gasteiger partial charge in [-0.05, 0) is 60.0 Å². The molecule has 3 aromatic rings. The molecule has 0 saturated carbocycles. The van der Waals surface area contributed by atoms with Crippen LogP contribution in [-0.4, -0.2) is 5.71 Å². The number of allylic oxidation sites excluding steroid dienone is 1. The lowest BCUT2D eigenvalue weighted by molar-refractivity contribution is -0.137. The van der Waals surface area contributed by atoms with Gasteiger partial charge >= 0.3 is 6.18 Å². The van der Waals surface area contributed by atoms with Crippen LogP contribution < -0.4 is 0 Å². The third-order valence-electron chi connectivity index (χ3n) is 3.85. The fraction of sp³-hybridized carbons (Fsp3) is 0.0455. The summed E-state index contributed by atoms with van der Waals surface area (Å²) in [6.07, 6.45) is -2.88. The Labute approximate surface area is 168 Å². The van der Waals surface area contributed by atoms with Crippen LogP contribution in [0.4, 0.5) is 27.6 Å². The van der Waals surface area contributed by atoms with E-state index in [4.69, 9.17) is 0 Å². The normalized spacial score (nSPS) is 12.5. The van der Waals surface area contributed by atoms with Crippen molar-refractivity contribution in [3.8, 4) is 0 Å². The third kappa shape index (κ3) is 5.77. The number of hydrogen-bond acceptors (Lipinski definition) is 2. The number of nitrogens with zero attached hydrogens (tertiary/aromatic N) is 1. The molecule has 1 nitrogen and oxygen atoms in total. The predicted octanol–water partition coefficient (Wildman–Crippen LogP) is 7.41. The Balaban J connectivity index is 1.92. The molecule has 0 aromatic heterocycles. The lowest BCUT2D eigenvalue weighted by Crippen LogP contribution is -2.05. The number of rotatable bonds is 5. The summed E-state index contributed by atoms with van der Waals surface area (Å²) in [4.78, 5) is 5.03. The number of para-hydroxylation sites is 1. The molecule has 3 rings (SSSR count). The Morgan fingerprint density at radius 2 is 1.48 bits per heavy atom. The molecule has 3 aromatic carbocycles. The molecule has 0 saturated heterocycles. The molecule has 0 spiro atoms. The van der Waals surface area contributed by atoms with E-state index in [0.29, 0.717) is 11.3 Å². The van der Waals surface area contributed by atoms with Crippen LogP contribution in [0.2, 0.25) is 0 Å². The number of alkyl halides is 3. The first kappa shape index (κ1) is 20.8. The summed E-state index contributed by atoms with van der Waals surface area (Å²) in [5.41, 5.74) is -0.0226. The second-order valence-corrected chi connectivity index (χ2v) is 6.88. The monoisotopic (exact) mass is 419 g/mol. The van der Waals surface area contributed by atoms with E-state index in [1.807, 2.05) is 0 Å². The SMILES string of the molecule is Fc1ccc(S/C=C/C(=Nc2ccccc2F)c2ccc(C(F)(F)F)cc2)cc1. The summed E-state index contributed by atoms with van der Waals surface area (Å²) in [5, 5.41) is 1.66. The van der Waals surface area contributed by atoms with E-state index in [9.17, 15) is 22.0 Å². The van der Waals surface area contributed by atoms with Crippen molar-refractivity contribution in [1.29, 1.82) is 0 Å². The molecule has 0 bridgehead atoms. The standard InChI is InChI=1S/C22H14F5NS/c23-17-9-11-18(12-10-17)29-14-13-20(28-21-4-2-1-3-19(21)24)15-5-7-16(8-6-15)22(25,26)27/h1-14H/b14-13+,28-20?. The number of hydrogen-bond donors (Lipinski definition) is 0. The number of halogens is 5. The van der Waals surface area contributed by atoms with Gasteiger partial charge in [0.15, 0.2) is 0 Å². The first-order valence-corrected chi connectivity index (χ1v) is 9.30. The average molecular weight is 419 g/mol. The molecule has 0 unspecified atom stereocenters. The van der Waals surface area contributed by atoms with Crippen molar-refractivity contribution in [2.45, 2.75) is 11.1 Å². The summed E-state index contributed by atoms with van der Waals surface area (Å²) in [6, 6.07) is 16.2. The number of aliphatic imine (C=N–C) groups is 1. The van der Waals surface area contributed by atoms with Crippen molar-refractivity contribution in [2.75, 3.05) is 0 Å². The maximum Gasteiger partial charge on any atom is 0.416 e. The van der Waals surface area contributed by atoms with Gasteiger partial charge in [0.1, 0.15) is 11.6 Å². The smallest absolute Gasteiger partial charge is 0.245 e. The van der Waals surface area contributed by atoms with Crippen LogP contribution in [0.25, 0.3) is 0 Å². The van der Waals surface area contributed by atoms with Crippen molar-refractivity contribution >= 4 is 23.2 Å². The van der Waals surface area contributed by atoms with E-state index in [1.165, 1.54) is 54.2 Å². The predicted molar refractivity (Wildman–Crippen MR) is 105 cm³/mol. The highest BCUT2D eigenvalue weighted by Crippen LogP contribution is 2.29. The summed E-state index contributed by atoms with van der Waals surface area (Å²) < 4.78 is 65.4. The van der Waals surface area contributed by atoms with E-state index in [-0.39, 0.29) is 11.5 Å². The molecule has 0 amide bonds. The van der Waals surface area contributed by atoms with Gasteiger partial charge in [0.2, 0.25) is 0 Å². The van der Waals surface area contributed by atoms with Gasteiger partial charge in [-0.15, -0.1) is 0 Å². The van der Waals surface area contributed by atoms with Crippen LogP contribution in [0.15, 0.2) is 94.2 Å². The minimum atomic E-state index is -4.45. The molecular formula is C22H14F5NS. The van der Waals surface area contributed by atoms with Crippen molar-refractivity contribution in [1.82, 2.24) is 0 Å². The van der Waals surface area contributed by atoms with Gasteiger partial charge in [0, 0.05) is 10.5 Å². The highest BCUT2D eigenvalue weighted by Gasteiger charge is 2.30. The van der Waals surface area contributed by atoms with Crippen LogP contribution >= 0.6 is 11.8 Å². The zero-order chi connectivity index (χ0) is 20.9. The Hall–Kier alpha value is -2.93. The zero-order valence-electron chi connectivity index (χ0n) is 14.8. The molecule has 0 aliphatic carbocycles. The second-order valence-electron chi connectivity index (χ2n) is 5.90. The van der Waals surface area contributed by atoms with E-state index >= 15 is 0 Å². The van der Waals surface area contributed by atoms with Crippen LogP contribution in [0.1, 0.15) is 11.1 Å². The van der Waals surface area contributed by atoms with Crippen molar-refractivity contribution in [3.63, 3.8) is 0 Å². The quantitative estimate of drug-likeness (QED) is 0.238. The summed E-state index contributed by atoms with van der Waals surface area (Å²) in [6.45, 7) is 0. The number of thioether (sulfide) groups is 1. The largest absolute Gasteiger partial charge is 0.416 e. The first-order valence-electron chi connectivity index (χ1n) is 8.42. The molecule has 0 heterocycles. The van der Waals surface area contributed by atoms with Gasteiger partial charge in [-0.25, -0.2) is 13.8 Å². The topological polar surface area (TPSA) is 12.4 Å². The summed E-state index contributed by atoms with van der Waals surface area (Å²) in [5.74, 6) is -0.901. The third-order valence-corrected chi connectivity index (χ3v) is 4.66. The molecule has 0 N–H and O–H groups in total. The molecule has 29 heavy (non-hydrogen) atoms. The van der Waals surface area contributed by atoms with Gasteiger partial charge in [0.25, 0.3) is 0 Å². The molecule has 0 fully saturated rings. The Bertz CT molecular complexity index is 1020. The summed E-state index contributed by atoms with van der Waals surface area (Å²) >= 11 is 1.27. The van der Waals surface area contributed by atoms with Crippen LogP contribution in [0, 0.1) is 11.6 Å². The highest BCUT2D eigenvalue weighted by atomic mass is 32.2. The Morgan fingerprint density at radius 1 is 0.828 bits per heavy atom. The maximum absolute atomic E-state index is 14.0. The van der Waals surface area contributed by atoms with Gasteiger partial charge in [-0.2, -0.15) is 13.2 Å². The van der Waals surface area contributed by atoms with E-state index in [0.717, 1.165) is 17.0 Å². The second kappa shape index (κ2) is 9.05. The van der Waals surface area contributed by atoms with E-state index in [2.05, 4.69) is 4.99 Å². The Kier molecular flexibility index (Phi) is 6.49. The molecule has 148 valence electrons. The fourth-order valence-electron chi connectivity index (χ4n) is 2.39. The lowest BCUT2D eigenvalue weighted by Gasteiger charge is -2.08. The van der Waals surface area contributed by atoms with Gasteiger partial charge in [-0.1, -0.05) is 36.0 Å². The van der Waals surface area contributed by atoms with Crippen LogP contribution in [0.5, 0.6) is 0 Å². The maximum atomic E-state index is 14.0. The first-order chi connectivity index (χ1) is 13.8. The van der Waals surface area contributed by atoms with E-state index in [1.54, 1.807) is 29.7 Å². The fourth-order valence-corrected chi connectivity index (χ4v) is 3.04. The molecular weight excluding hydrogens is 405 g/mol. The molecule has 0 aliphatic heterocycles. The van der Waals surface area contributed by atoms with Crippen LogP contribution in [0.3, 0.4) is 0 Å². The van der Waals surface area contributed by atoms with Crippen molar-refractivity contribution in [3.05, 3.63) is 107 Å². The van der Waals surface area contributed by atoms with Crippen LogP contribution in [-0.2, 0) is 6.18 Å². The van der Waals surface area contributed by atoms with E-state index < -0.39 is 17.6 Å². The highest BCUT2D eigenvalue weighted by molar-refractivity contribution is 8.02. The minimum absolute atomic E-state index is 0.0684. The van der Waals surface area contributed by atoms with Crippen molar-refractivity contribution in [2.24, 2.45) is 4.99 Å². The molecule has 0 radical (unpaired) electrons. The molecule has 0 atom stereocenters. The average Bonchev–Trinajstić information content (AvgIpc) is 2.70.